The zero-order valence-corrected chi connectivity index (χ0v) is 11.0. The summed E-state index contributed by atoms with van der Waals surface area (Å²) in [6, 6.07) is 0. The molecule has 0 radical (unpaired) electrons. The first-order chi connectivity index (χ1) is 5.37. The van der Waals surface area contributed by atoms with E-state index in [4.69, 9.17) is 11.1 Å². The molecule has 0 N–H and O–H groups in total. The molecular weight excluding hydrogens is 184 g/mol. The van der Waals surface area contributed by atoms with E-state index < -0.39 is 8.11 Å². The summed E-state index contributed by atoms with van der Waals surface area (Å²) in [6.07, 6.45) is 0. The van der Waals surface area contributed by atoms with E-state index in [2.05, 4.69) is 41.2 Å². The van der Waals surface area contributed by atoms with Crippen LogP contribution in [0.15, 0.2) is 10.8 Å². The Morgan fingerprint density at radius 3 is 1.58 bits per heavy atom. The molecule has 0 amide bonds. The zero-order valence-electron chi connectivity index (χ0n) is 9.11. The second-order valence-electron chi connectivity index (χ2n) is 4.06. The molecule has 0 aromatic rings. The first-order valence-corrected chi connectivity index (χ1v) is 8.20. The predicted molar refractivity (Wildman–Crippen MR) is 61.2 cm³/mol. The Morgan fingerprint density at radius 2 is 1.50 bits per heavy atom. The van der Waals surface area contributed by atoms with E-state index in [0.29, 0.717) is 11.8 Å². The van der Waals surface area contributed by atoms with Gasteiger partial charge in [0.1, 0.15) is 0 Å². The van der Waals surface area contributed by atoms with E-state index in [0.717, 1.165) is 0 Å². The van der Waals surface area contributed by atoms with Crippen molar-refractivity contribution < 1.29 is 0 Å². The summed E-state index contributed by atoms with van der Waals surface area (Å²) in [5.41, 5.74) is 1.51. The van der Waals surface area contributed by atoms with Crippen molar-refractivity contribution in [3.8, 4) is 0 Å². The van der Waals surface area contributed by atoms with E-state index in [-0.39, 0.29) is 0 Å². The van der Waals surface area contributed by atoms with Gasteiger partial charge in [-0.3, -0.25) is 0 Å². The first kappa shape index (κ1) is 12.2. The van der Waals surface area contributed by atoms with Gasteiger partial charge in [0, 0.05) is 0 Å². The van der Waals surface area contributed by atoms with E-state index in [9.17, 15) is 0 Å². The van der Waals surface area contributed by atoms with Crippen molar-refractivity contribution in [2.24, 2.45) is 11.8 Å². The fourth-order valence-electron chi connectivity index (χ4n) is 1.56. The van der Waals surface area contributed by atoms with Crippen molar-refractivity contribution in [2.75, 3.05) is 0 Å². The lowest BCUT2D eigenvalue weighted by molar-refractivity contribution is 0.718. The number of hydrogen-bond acceptors (Lipinski definition) is 0. The van der Waals surface area contributed by atoms with Crippen molar-refractivity contribution >= 4 is 19.2 Å². The van der Waals surface area contributed by atoms with Crippen LogP contribution in [0.5, 0.6) is 0 Å². The van der Waals surface area contributed by atoms with Crippen LogP contribution in [0.25, 0.3) is 0 Å². The molecule has 0 bridgehead atoms. The van der Waals surface area contributed by atoms with Crippen LogP contribution in [-0.4, -0.2) is 8.11 Å². The van der Waals surface area contributed by atoms with E-state index in [1.165, 1.54) is 5.57 Å². The smallest absolute Gasteiger partial charge is 0.164 e. The summed E-state index contributed by atoms with van der Waals surface area (Å²) in [5.74, 6) is 1.28. The van der Waals surface area contributed by atoms with Gasteiger partial charge in [0.05, 0.1) is 0 Å². The third kappa shape index (κ3) is 3.32. The summed E-state index contributed by atoms with van der Waals surface area (Å²) in [6.45, 7) is 13.4. The Hall–Kier alpha value is 0.247. The lowest BCUT2D eigenvalue weighted by atomic mass is 10.0. The fourth-order valence-corrected chi connectivity index (χ4v) is 4.71. The maximum Gasteiger partial charge on any atom is 0.164 e. The fraction of sp³-hybridized carbons (Fsp3) is 0.800. The molecule has 0 nitrogen and oxygen atoms in total. The lowest BCUT2D eigenvalue weighted by Gasteiger charge is -2.19. The largest absolute Gasteiger partial charge is 0.166 e. The maximum atomic E-state index is 6.26. The van der Waals surface area contributed by atoms with Gasteiger partial charge in [0.25, 0.3) is 0 Å². The standard InChI is InChI=1S/C10H21ClSi/c1-7(2)9(5)10(8(3)4)12(6)11/h7-8,12H,1-6H3. The molecule has 0 fully saturated rings. The lowest BCUT2D eigenvalue weighted by Crippen LogP contribution is -2.13. The second-order valence-corrected chi connectivity index (χ2v) is 7.88. The topological polar surface area (TPSA) is 0 Å². The van der Waals surface area contributed by atoms with Crippen LogP contribution in [0, 0.1) is 11.8 Å². The first-order valence-electron chi connectivity index (χ1n) is 4.72. The minimum atomic E-state index is -1.11. The van der Waals surface area contributed by atoms with Gasteiger partial charge in [-0.25, -0.2) is 0 Å². The number of hydrogen-bond donors (Lipinski definition) is 0. The maximum absolute atomic E-state index is 6.26. The molecule has 0 heterocycles. The molecule has 1 unspecified atom stereocenters. The van der Waals surface area contributed by atoms with E-state index >= 15 is 0 Å². The average molecular weight is 205 g/mol. The molecule has 2 heteroatoms. The Labute approximate surface area is 83.3 Å². The molecule has 0 aliphatic carbocycles. The normalized spacial score (nSPS) is 16.8. The molecule has 0 aliphatic rings. The molecule has 0 rings (SSSR count). The molecule has 12 heavy (non-hydrogen) atoms. The van der Waals surface area contributed by atoms with Crippen molar-refractivity contribution in [3.63, 3.8) is 0 Å². The monoisotopic (exact) mass is 204 g/mol. The van der Waals surface area contributed by atoms with Gasteiger partial charge in [-0.1, -0.05) is 45.0 Å². The SMILES string of the molecule is CC(=C(C(C)C)[SiH](C)Cl)C(C)C. The van der Waals surface area contributed by atoms with Gasteiger partial charge in [-0.15, -0.1) is 0 Å². The third-order valence-electron chi connectivity index (χ3n) is 2.37. The molecule has 0 saturated heterocycles. The van der Waals surface area contributed by atoms with Crippen molar-refractivity contribution in [1.82, 2.24) is 0 Å². The van der Waals surface area contributed by atoms with Crippen molar-refractivity contribution in [1.29, 1.82) is 0 Å². The summed E-state index contributed by atoms with van der Waals surface area (Å²) in [7, 11) is -1.11. The highest BCUT2D eigenvalue weighted by Gasteiger charge is 2.15. The molecule has 0 aliphatic heterocycles. The zero-order chi connectivity index (χ0) is 9.89. The summed E-state index contributed by atoms with van der Waals surface area (Å²) in [5, 5.41) is 1.55. The number of halogens is 1. The number of rotatable bonds is 3. The van der Waals surface area contributed by atoms with E-state index in [1.807, 2.05) is 0 Å². The molecule has 1 atom stereocenters. The van der Waals surface area contributed by atoms with Gasteiger partial charge in [0.15, 0.2) is 8.11 Å². The van der Waals surface area contributed by atoms with Crippen molar-refractivity contribution in [2.45, 2.75) is 41.2 Å². The number of allylic oxidation sites excluding steroid dienone is 2. The van der Waals surface area contributed by atoms with Crippen LogP contribution in [-0.2, 0) is 0 Å². The molecule has 0 aromatic heterocycles. The average Bonchev–Trinajstić information content (AvgIpc) is 1.85. The second kappa shape index (κ2) is 5.08. The Balaban J connectivity index is 4.81. The summed E-state index contributed by atoms with van der Waals surface area (Å²) in [4.78, 5) is 0. The van der Waals surface area contributed by atoms with E-state index in [1.54, 1.807) is 5.20 Å². The highest BCUT2D eigenvalue weighted by Crippen LogP contribution is 2.24. The van der Waals surface area contributed by atoms with Gasteiger partial charge in [-0.2, -0.15) is 11.1 Å². The minimum Gasteiger partial charge on any atom is -0.166 e. The highest BCUT2D eigenvalue weighted by atomic mass is 35.6. The molecule has 0 saturated carbocycles. The third-order valence-corrected chi connectivity index (χ3v) is 5.06. The molecular formula is C10H21ClSi. The molecule has 0 aromatic carbocycles. The molecule has 0 spiro atoms. The minimum absolute atomic E-state index is 0.631. The predicted octanol–water partition coefficient (Wildman–Crippen LogP) is 3.75. The van der Waals surface area contributed by atoms with Crippen LogP contribution in [0.4, 0.5) is 0 Å². The van der Waals surface area contributed by atoms with Gasteiger partial charge in [-0.05, 0) is 18.8 Å². The Bertz CT molecular complexity index is 159. The quantitative estimate of drug-likeness (QED) is 0.486. The van der Waals surface area contributed by atoms with Crippen LogP contribution >= 0.6 is 11.1 Å². The van der Waals surface area contributed by atoms with Gasteiger partial charge < -0.3 is 0 Å². The van der Waals surface area contributed by atoms with Crippen molar-refractivity contribution in [3.05, 3.63) is 10.8 Å². The van der Waals surface area contributed by atoms with Crippen LogP contribution < -0.4 is 0 Å². The summed E-state index contributed by atoms with van der Waals surface area (Å²) < 4.78 is 0. The van der Waals surface area contributed by atoms with Crippen LogP contribution in [0.1, 0.15) is 34.6 Å². The van der Waals surface area contributed by atoms with Gasteiger partial charge >= 0.3 is 0 Å². The van der Waals surface area contributed by atoms with Crippen LogP contribution in [0.2, 0.25) is 6.55 Å². The van der Waals surface area contributed by atoms with Gasteiger partial charge in [0.2, 0.25) is 0 Å². The van der Waals surface area contributed by atoms with Crippen LogP contribution in [0.3, 0.4) is 0 Å². The Morgan fingerprint density at radius 1 is 1.08 bits per heavy atom. The highest BCUT2D eigenvalue weighted by molar-refractivity contribution is 7.10. The summed E-state index contributed by atoms with van der Waals surface area (Å²) >= 11 is 6.26. The molecule has 72 valence electrons. The Kier molecular flexibility index (Phi) is 5.18.